The second-order valence-electron chi connectivity index (χ2n) is 11.0. The fourth-order valence-corrected chi connectivity index (χ4v) is 7.07. The van der Waals surface area contributed by atoms with E-state index in [-0.39, 0.29) is 18.1 Å². The van der Waals surface area contributed by atoms with Crippen LogP contribution in [0.15, 0.2) is 63.5 Å². The number of para-hydroxylation sites is 1. The SMILES string of the molecule is COC(=O)c1ccc2nc([C@@H](Cc3cc(Br)c(N)c(Br)c3)NC(=O)N3CCC(N4Cc5ccccc5NC4=O)CC3)[nH]c2c1. The van der Waals surface area contributed by atoms with Crippen molar-refractivity contribution in [3.8, 4) is 0 Å². The number of anilines is 2. The summed E-state index contributed by atoms with van der Waals surface area (Å²) in [6.45, 7) is 1.57. The molecule has 0 unspecified atom stereocenters. The quantitative estimate of drug-likeness (QED) is 0.143. The van der Waals surface area contributed by atoms with Gasteiger partial charge < -0.3 is 35.9 Å². The van der Waals surface area contributed by atoms with Crippen LogP contribution in [-0.2, 0) is 17.7 Å². The first-order valence-corrected chi connectivity index (χ1v) is 15.8. The molecule has 1 atom stereocenters. The summed E-state index contributed by atoms with van der Waals surface area (Å²) in [4.78, 5) is 50.3. The number of nitrogen functional groups attached to an aromatic ring is 1. The zero-order valence-corrected chi connectivity index (χ0v) is 27.1. The van der Waals surface area contributed by atoms with Crippen molar-refractivity contribution in [3.05, 3.63) is 86.1 Å². The molecule has 0 saturated carbocycles. The first-order valence-electron chi connectivity index (χ1n) is 14.2. The van der Waals surface area contributed by atoms with Crippen LogP contribution >= 0.6 is 31.9 Å². The number of likely N-dealkylation sites (tertiary alicyclic amines) is 1. The molecular weight excluding hydrogens is 694 g/mol. The number of rotatable bonds is 6. The number of carbonyl (C=O) groups excluding carboxylic acids is 3. The summed E-state index contributed by atoms with van der Waals surface area (Å²) in [6.07, 6.45) is 1.77. The van der Waals surface area contributed by atoms with Gasteiger partial charge in [0.05, 0.1) is 35.4 Å². The van der Waals surface area contributed by atoms with Gasteiger partial charge in [0.15, 0.2) is 0 Å². The van der Waals surface area contributed by atoms with Crippen molar-refractivity contribution in [2.45, 2.75) is 37.9 Å². The molecule has 228 valence electrons. The van der Waals surface area contributed by atoms with E-state index in [1.165, 1.54) is 7.11 Å². The number of hydrogen-bond donors (Lipinski definition) is 4. The lowest BCUT2D eigenvalue weighted by Gasteiger charge is -2.40. The highest BCUT2D eigenvalue weighted by Gasteiger charge is 2.33. The molecule has 11 nitrogen and oxygen atoms in total. The van der Waals surface area contributed by atoms with Gasteiger partial charge in [0, 0.05) is 46.7 Å². The Hall–Kier alpha value is -4.10. The molecule has 44 heavy (non-hydrogen) atoms. The van der Waals surface area contributed by atoms with Crippen LogP contribution in [0.25, 0.3) is 11.0 Å². The van der Waals surface area contributed by atoms with E-state index in [1.807, 2.05) is 41.3 Å². The van der Waals surface area contributed by atoms with Gasteiger partial charge in [0.2, 0.25) is 0 Å². The Balaban J connectivity index is 1.19. The topological polar surface area (TPSA) is 146 Å². The summed E-state index contributed by atoms with van der Waals surface area (Å²) in [5, 5.41) is 6.16. The predicted molar refractivity (Wildman–Crippen MR) is 174 cm³/mol. The minimum atomic E-state index is -0.513. The summed E-state index contributed by atoms with van der Waals surface area (Å²) in [6, 6.07) is 16.0. The van der Waals surface area contributed by atoms with Crippen molar-refractivity contribution >= 4 is 72.3 Å². The first-order chi connectivity index (χ1) is 21.2. The number of imidazole rings is 1. The van der Waals surface area contributed by atoms with Crippen LogP contribution in [0.3, 0.4) is 0 Å². The zero-order chi connectivity index (χ0) is 31.0. The van der Waals surface area contributed by atoms with Gasteiger partial charge in [-0.2, -0.15) is 0 Å². The lowest BCUT2D eigenvalue weighted by atomic mass is 10.0. The molecule has 3 aromatic carbocycles. The third-order valence-electron chi connectivity index (χ3n) is 8.18. The van der Waals surface area contributed by atoms with Gasteiger partial charge in [0.1, 0.15) is 5.82 Å². The number of piperidine rings is 1. The number of halogens is 2. The van der Waals surface area contributed by atoms with Crippen LogP contribution in [0.5, 0.6) is 0 Å². The summed E-state index contributed by atoms with van der Waals surface area (Å²) in [5.41, 5.74) is 11.3. The average Bonchev–Trinajstić information content (AvgIpc) is 3.46. The Labute approximate surface area is 270 Å². The van der Waals surface area contributed by atoms with Crippen molar-refractivity contribution in [1.29, 1.82) is 0 Å². The van der Waals surface area contributed by atoms with Crippen LogP contribution < -0.4 is 16.4 Å². The molecule has 13 heteroatoms. The zero-order valence-electron chi connectivity index (χ0n) is 23.9. The maximum atomic E-state index is 13.6. The summed E-state index contributed by atoms with van der Waals surface area (Å²) in [5.74, 6) is 0.108. The second-order valence-corrected chi connectivity index (χ2v) is 12.7. The third-order valence-corrected chi connectivity index (χ3v) is 9.49. The second kappa shape index (κ2) is 12.5. The minimum Gasteiger partial charge on any atom is -0.465 e. The minimum absolute atomic E-state index is 0.0343. The number of nitrogens with zero attached hydrogens (tertiary/aromatic N) is 3. The molecule has 6 rings (SSSR count). The molecule has 0 aliphatic carbocycles. The molecule has 3 heterocycles. The van der Waals surface area contributed by atoms with E-state index in [0.29, 0.717) is 67.0 Å². The van der Waals surface area contributed by atoms with Crippen LogP contribution in [-0.4, -0.2) is 64.0 Å². The Morgan fingerprint density at radius 2 is 1.84 bits per heavy atom. The van der Waals surface area contributed by atoms with E-state index >= 15 is 0 Å². The first kappa shape index (κ1) is 29.9. The number of esters is 1. The number of aromatic nitrogens is 2. The van der Waals surface area contributed by atoms with Crippen molar-refractivity contribution < 1.29 is 19.1 Å². The van der Waals surface area contributed by atoms with Crippen LogP contribution in [0.4, 0.5) is 21.0 Å². The van der Waals surface area contributed by atoms with Gasteiger partial charge in [-0.05, 0) is 92.2 Å². The number of urea groups is 2. The number of nitrogens with one attached hydrogen (secondary N) is 3. The Bertz CT molecular complexity index is 1730. The van der Waals surface area contributed by atoms with Gasteiger partial charge in [-0.15, -0.1) is 0 Å². The van der Waals surface area contributed by atoms with Crippen LogP contribution in [0, 0.1) is 0 Å². The molecule has 5 N–H and O–H groups in total. The third kappa shape index (κ3) is 6.11. The number of H-pyrrole nitrogens is 1. The molecule has 2 aliphatic heterocycles. The lowest BCUT2D eigenvalue weighted by molar-refractivity contribution is 0.0600. The summed E-state index contributed by atoms with van der Waals surface area (Å²) >= 11 is 7.03. The number of carbonyl (C=O) groups is 3. The Morgan fingerprint density at radius 3 is 2.57 bits per heavy atom. The van der Waals surface area contributed by atoms with Crippen molar-refractivity contribution in [2.75, 3.05) is 31.2 Å². The Morgan fingerprint density at radius 1 is 1.11 bits per heavy atom. The van der Waals surface area contributed by atoms with E-state index < -0.39 is 12.0 Å². The highest BCUT2D eigenvalue weighted by atomic mass is 79.9. The van der Waals surface area contributed by atoms with E-state index in [0.717, 1.165) is 25.8 Å². The molecule has 1 aromatic heterocycles. The number of methoxy groups -OCH3 is 1. The molecule has 2 aliphatic rings. The number of aromatic amines is 1. The number of nitrogens with two attached hydrogens (primary N) is 1. The molecular formula is C31H31Br2N7O4. The molecule has 0 radical (unpaired) electrons. The van der Waals surface area contributed by atoms with Gasteiger partial charge in [0.25, 0.3) is 0 Å². The average molecular weight is 725 g/mol. The molecule has 4 aromatic rings. The van der Waals surface area contributed by atoms with E-state index in [9.17, 15) is 14.4 Å². The van der Waals surface area contributed by atoms with Gasteiger partial charge >= 0.3 is 18.0 Å². The maximum Gasteiger partial charge on any atom is 0.337 e. The molecule has 1 saturated heterocycles. The van der Waals surface area contributed by atoms with Crippen LogP contribution in [0.1, 0.15) is 46.2 Å². The Kier molecular flexibility index (Phi) is 8.50. The number of ether oxygens (including phenoxy) is 1. The van der Waals surface area contributed by atoms with E-state index in [1.54, 1.807) is 23.1 Å². The lowest BCUT2D eigenvalue weighted by Crippen LogP contribution is -2.53. The largest absolute Gasteiger partial charge is 0.465 e. The summed E-state index contributed by atoms with van der Waals surface area (Å²) < 4.78 is 6.34. The normalized spacial score (nSPS) is 15.9. The van der Waals surface area contributed by atoms with Crippen molar-refractivity contribution in [1.82, 2.24) is 25.1 Å². The molecule has 0 bridgehead atoms. The van der Waals surface area contributed by atoms with Gasteiger partial charge in [-0.25, -0.2) is 19.4 Å². The predicted octanol–water partition coefficient (Wildman–Crippen LogP) is 5.96. The highest BCUT2D eigenvalue weighted by molar-refractivity contribution is 9.11. The monoisotopic (exact) mass is 723 g/mol. The maximum absolute atomic E-state index is 13.6. The highest BCUT2D eigenvalue weighted by Crippen LogP contribution is 2.32. The molecule has 0 spiro atoms. The fraction of sp³-hybridized carbons (Fsp3) is 0.290. The van der Waals surface area contributed by atoms with Crippen molar-refractivity contribution in [3.63, 3.8) is 0 Å². The number of hydrogen-bond acceptors (Lipinski definition) is 6. The van der Waals surface area contributed by atoms with Gasteiger partial charge in [-0.1, -0.05) is 18.2 Å². The van der Waals surface area contributed by atoms with Crippen molar-refractivity contribution in [2.24, 2.45) is 0 Å². The van der Waals surface area contributed by atoms with Gasteiger partial charge in [-0.3, -0.25) is 0 Å². The summed E-state index contributed by atoms with van der Waals surface area (Å²) in [7, 11) is 1.34. The standard InChI is InChI=1S/C31H31Br2N7O4/c1-44-29(41)18-6-7-24-25(15-18)36-28(35-24)26(14-17-12-21(32)27(34)22(33)13-17)38-30(42)39-10-8-20(9-11-39)40-16-19-4-2-3-5-23(19)37-31(40)43/h2-7,12-13,15,20,26H,8-11,14,16,34H2,1H3,(H,35,36)(H,37,43)(H,38,42)/t26-/m1/s1. The van der Waals surface area contributed by atoms with Crippen LogP contribution in [0.2, 0.25) is 0 Å². The smallest absolute Gasteiger partial charge is 0.337 e. The fourth-order valence-electron chi connectivity index (χ4n) is 5.78. The number of benzene rings is 3. The van der Waals surface area contributed by atoms with E-state index in [4.69, 9.17) is 15.5 Å². The number of fused-ring (bicyclic) bond motifs is 2. The molecule has 1 fully saturated rings. The molecule has 4 amide bonds. The number of amides is 4. The van der Waals surface area contributed by atoms with E-state index in [2.05, 4.69) is 47.5 Å².